The highest BCUT2D eigenvalue weighted by atomic mass is 35.5. The topological polar surface area (TPSA) is 301 Å². The Kier molecular flexibility index (Phi) is 23.2. The van der Waals surface area contributed by atoms with E-state index in [9.17, 15) is 9.59 Å². The number of nitrogens with zero attached hydrogens (tertiary/aromatic N) is 8. The lowest BCUT2D eigenvalue weighted by molar-refractivity contribution is 0.104. The fourth-order valence-corrected chi connectivity index (χ4v) is 5.28. The SMILES string of the molecule is NN=C(N)N.Nc1nnc(-c2cccc(Cl)c2Cl)c(N)n1.O=C(Cl)c1cccc(Cl)c1Cl.[C-]#[N+]/C(=N\N=C(N)N)c1cccc(Cl)c1Cl.[C-]#[N+]C(=O)c1cccc(Cl)c1Cl. The Labute approximate surface area is 386 Å². The van der Waals surface area contributed by atoms with E-state index < -0.39 is 11.1 Å². The number of hydrogen-bond acceptors (Lipinski definition) is 11. The number of rotatable bonds is 5. The van der Waals surface area contributed by atoms with Crippen LogP contribution in [0.5, 0.6) is 0 Å². The molecule has 5 aromatic rings. The van der Waals surface area contributed by atoms with Crippen molar-refractivity contribution in [2.75, 3.05) is 11.5 Å². The van der Waals surface area contributed by atoms with Gasteiger partial charge in [-0.3, -0.25) is 4.79 Å². The van der Waals surface area contributed by atoms with Gasteiger partial charge in [0.1, 0.15) is 5.69 Å². The second-order valence-corrected chi connectivity index (χ2v) is 13.6. The standard InChI is InChI=1S/2C9H7Cl2N5.C8H3Cl2NO.C7H3Cl3O.CH6N4/c10-5-3-1-2-4(6(5)11)7-8(12)14-9(13)16-15-7;1-14-8(15-16-9(12)13)5-3-2-4-6(10)7(5)11;1-11-8(12)5-3-2-4-6(9)7(5)10;8-5-3-1-2-4(6(5)9)7(10)11;2-1(3)5-4/h1-3H,(H4,12,13,14,16);2-4H,(H4,12,13,16);2-4H;1-3H;4H2,(H4,2,3,5)/b;15-8-;;;. The van der Waals surface area contributed by atoms with Crippen LogP contribution in [-0.4, -0.2) is 44.1 Å². The van der Waals surface area contributed by atoms with E-state index in [4.69, 9.17) is 152 Å². The van der Waals surface area contributed by atoms with Crippen LogP contribution < -0.4 is 40.2 Å². The minimum Gasteiger partial charge on any atom is -0.382 e. The smallest absolute Gasteiger partial charge is 0.382 e. The molecular formula is C34H26Cl9N15O2. The molecule has 5 rings (SSSR count). The van der Waals surface area contributed by atoms with Crippen LogP contribution in [-0.2, 0) is 0 Å². The third-order valence-electron chi connectivity index (χ3n) is 6.09. The van der Waals surface area contributed by atoms with Gasteiger partial charge in [-0.25, -0.2) is 0 Å². The second-order valence-electron chi connectivity index (χ2n) is 10.1. The van der Waals surface area contributed by atoms with Gasteiger partial charge in [0.05, 0.1) is 52.3 Å². The number of nitrogen functional groups attached to an aromatic ring is 2. The van der Waals surface area contributed by atoms with Crippen LogP contribution in [0.2, 0.25) is 40.2 Å². The molecule has 1 amide bonds. The molecule has 17 nitrogen and oxygen atoms in total. The average Bonchev–Trinajstić information content (AvgIpc) is 3.20. The number of nitrogens with two attached hydrogens (primary N) is 7. The van der Waals surface area contributed by atoms with Crippen molar-refractivity contribution in [1.29, 1.82) is 0 Å². The minimum absolute atomic E-state index is 0.0133. The fraction of sp³-hybridized carbons (Fsp3) is 0. The summed E-state index contributed by atoms with van der Waals surface area (Å²) in [6.45, 7) is 13.4. The van der Waals surface area contributed by atoms with Gasteiger partial charge in [-0.1, -0.05) is 142 Å². The molecule has 60 heavy (non-hydrogen) atoms. The molecule has 312 valence electrons. The van der Waals surface area contributed by atoms with E-state index in [-0.39, 0.29) is 60.7 Å². The molecule has 1 aromatic heterocycles. The Bertz CT molecular complexity index is 2500. The summed E-state index contributed by atoms with van der Waals surface area (Å²) in [5.74, 6) is 3.64. The van der Waals surface area contributed by atoms with Crippen molar-refractivity contribution in [3.63, 3.8) is 0 Å². The minimum atomic E-state index is -0.692. The van der Waals surface area contributed by atoms with Crippen LogP contribution >= 0.6 is 104 Å². The number of amides is 1. The first-order valence-corrected chi connectivity index (χ1v) is 18.6. The van der Waals surface area contributed by atoms with Crippen LogP contribution in [0.25, 0.3) is 20.9 Å². The molecule has 0 aliphatic rings. The zero-order chi connectivity index (χ0) is 45.7. The normalized spacial score (nSPS) is 9.75. The molecule has 0 aliphatic heterocycles. The monoisotopic (exact) mass is 991 g/mol. The summed E-state index contributed by atoms with van der Waals surface area (Å²) in [7, 11) is 0. The maximum Gasteiger partial charge on any atom is 0.387 e. The molecular weight excluding hydrogens is 970 g/mol. The Morgan fingerprint density at radius 3 is 1.43 bits per heavy atom. The summed E-state index contributed by atoms with van der Waals surface area (Å²) in [6, 6.07) is 19.3. The van der Waals surface area contributed by atoms with Crippen molar-refractivity contribution in [1.82, 2.24) is 15.2 Å². The van der Waals surface area contributed by atoms with Crippen LogP contribution in [0.3, 0.4) is 0 Å². The number of carbonyl (C=O) groups is 2. The van der Waals surface area contributed by atoms with Gasteiger partial charge in [0.2, 0.25) is 17.9 Å². The van der Waals surface area contributed by atoms with Gasteiger partial charge in [0.25, 0.3) is 5.24 Å². The zero-order valence-electron chi connectivity index (χ0n) is 29.8. The summed E-state index contributed by atoms with van der Waals surface area (Å²) in [4.78, 5) is 31.2. The van der Waals surface area contributed by atoms with Crippen molar-refractivity contribution in [3.05, 3.63) is 153 Å². The summed E-state index contributed by atoms with van der Waals surface area (Å²) in [6.07, 6.45) is 0. The molecule has 0 saturated carbocycles. The molecule has 4 aromatic carbocycles. The molecule has 0 saturated heterocycles. The second kappa shape index (κ2) is 26.5. The number of guanidine groups is 2. The van der Waals surface area contributed by atoms with E-state index in [0.29, 0.717) is 36.9 Å². The van der Waals surface area contributed by atoms with Gasteiger partial charge < -0.3 is 49.9 Å². The lowest BCUT2D eigenvalue weighted by atomic mass is 10.1. The Balaban J connectivity index is 0.000000389. The van der Waals surface area contributed by atoms with Crippen molar-refractivity contribution in [3.8, 4) is 11.3 Å². The summed E-state index contributed by atoms with van der Waals surface area (Å²) >= 11 is 51.4. The summed E-state index contributed by atoms with van der Waals surface area (Å²) in [5, 5.41) is 19.0. The number of halogens is 9. The number of carbonyl (C=O) groups excluding carboxylic acids is 2. The average molecular weight is 996 g/mol. The van der Waals surface area contributed by atoms with Gasteiger partial charge in [0.15, 0.2) is 5.82 Å². The van der Waals surface area contributed by atoms with Crippen LogP contribution in [0.4, 0.5) is 11.8 Å². The molecule has 26 heteroatoms. The third kappa shape index (κ3) is 17.0. The highest BCUT2D eigenvalue weighted by Crippen LogP contribution is 2.34. The highest BCUT2D eigenvalue weighted by molar-refractivity contribution is 6.69. The molecule has 1 heterocycles. The van der Waals surface area contributed by atoms with E-state index >= 15 is 0 Å². The van der Waals surface area contributed by atoms with Gasteiger partial charge in [0, 0.05) is 21.8 Å². The number of hydrazone groups is 1. The first-order valence-electron chi connectivity index (χ1n) is 15.2. The number of amidine groups is 1. The largest absolute Gasteiger partial charge is 0.387 e. The predicted octanol–water partition coefficient (Wildman–Crippen LogP) is 8.42. The molecule has 0 radical (unpaired) electrons. The van der Waals surface area contributed by atoms with Crippen LogP contribution in [0.1, 0.15) is 26.3 Å². The lowest BCUT2D eigenvalue weighted by Gasteiger charge is -2.06. The molecule has 0 fully saturated rings. The first kappa shape index (κ1) is 52.4. The third-order valence-corrected chi connectivity index (χ3v) is 9.57. The van der Waals surface area contributed by atoms with Crippen LogP contribution in [0, 0.1) is 13.1 Å². The Hall–Kier alpha value is -5.57. The molecule has 0 unspecified atom stereocenters. The number of benzene rings is 4. The van der Waals surface area contributed by atoms with E-state index in [1.165, 1.54) is 12.1 Å². The van der Waals surface area contributed by atoms with Crippen molar-refractivity contribution >= 4 is 145 Å². The number of aromatic nitrogens is 3. The Morgan fingerprint density at radius 1 is 0.583 bits per heavy atom. The quantitative estimate of drug-likeness (QED) is 0.0218. The predicted molar refractivity (Wildman–Crippen MR) is 244 cm³/mol. The van der Waals surface area contributed by atoms with Crippen molar-refractivity contribution in [2.24, 2.45) is 44.1 Å². The Morgan fingerprint density at radius 2 is 1.02 bits per heavy atom. The fourth-order valence-electron chi connectivity index (χ4n) is 3.53. The molecule has 0 atom stereocenters. The maximum absolute atomic E-state index is 10.9. The van der Waals surface area contributed by atoms with Crippen molar-refractivity contribution in [2.45, 2.75) is 0 Å². The van der Waals surface area contributed by atoms with Gasteiger partial charge in [-0.05, 0) is 47.0 Å². The van der Waals surface area contributed by atoms with Crippen LogP contribution in [0.15, 0.2) is 88.1 Å². The van der Waals surface area contributed by atoms with Gasteiger partial charge in [-0.2, -0.15) is 9.83 Å². The molecule has 0 bridgehead atoms. The molecule has 0 spiro atoms. The summed E-state index contributed by atoms with van der Waals surface area (Å²) < 4.78 is 0. The molecule has 0 aliphatic carbocycles. The van der Waals surface area contributed by atoms with Gasteiger partial charge >= 0.3 is 11.7 Å². The van der Waals surface area contributed by atoms with E-state index in [1.54, 1.807) is 60.7 Å². The zero-order valence-corrected chi connectivity index (χ0v) is 36.6. The highest BCUT2D eigenvalue weighted by Gasteiger charge is 2.14. The number of anilines is 2. The lowest BCUT2D eigenvalue weighted by Crippen LogP contribution is -2.23. The van der Waals surface area contributed by atoms with E-state index in [0.717, 1.165) is 0 Å². The number of hydrogen-bond donors (Lipinski definition) is 7. The van der Waals surface area contributed by atoms with E-state index in [2.05, 4.69) is 46.0 Å². The van der Waals surface area contributed by atoms with Crippen molar-refractivity contribution < 1.29 is 9.59 Å². The first-order chi connectivity index (χ1) is 28.2. The van der Waals surface area contributed by atoms with Gasteiger partial charge in [-0.15, -0.1) is 15.3 Å². The van der Waals surface area contributed by atoms with E-state index in [1.807, 2.05) is 0 Å². The molecule has 14 N–H and O–H groups in total. The maximum atomic E-state index is 10.9. The summed E-state index contributed by atoms with van der Waals surface area (Å²) in [5.41, 5.74) is 32.3.